The van der Waals surface area contributed by atoms with Crippen LogP contribution in [0, 0.1) is 5.41 Å². The lowest BCUT2D eigenvalue weighted by Gasteiger charge is -2.17. The number of rotatable bonds is 7. The van der Waals surface area contributed by atoms with Crippen LogP contribution >= 0.6 is 0 Å². The van der Waals surface area contributed by atoms with E-state index in [-0.39, 0.29) is 23.9 Å². The second-order valence-corrected chi connectivity index (χ2v) is 7.57. The summed E-state index contributed by atoms with van der Waals surface area (Å²) in [4.78, 5) is 27.8. The molecule has 1 atom stereocenters. The first-order valence-corrected chi connectivity index (χ1v) is 10.3. The highest BCUT2D eigenvalue weighted by molar-refractivity contribution is 6.17. The lowest BCUT2D eigenvalue weighted by atomic mass is 9.93. The van der Waals surface area contributed by atoms with Crippen molar-refractivity contribution in [1.29, 1.82) is 5.41 Å². The molecule has 0 saturated carbocycles. The molecule has 3 aromatic rings. The van der Waals surface area contributed by atoms with Crippen molar-refractivity contribution < 1.29 is 14.3 Å². The normalized spacial score (nSPS) is 15.2. The average Bonchev–Trinajstić information content (AvgIpc) is 3.12. The summed E-state index contributed by atoms with van der Waals surface area (Å²) in [6.07, 6.45) is 1.60. The van der Waals surface area contributed by atoms with Crippen LogP contribution in [0.15, 0.2) is 84.2 Å². The van der Waals surface area contributed by atoms with Crippen LogP contribution in [-0.2, 0) is 16.2 Å². The SMILES string of the molecule is CC(=O)Nc1cccc(COc2ccc(C3NC(=O)C(N)=C3C(=N)c3ccccc3)cn2)c1. The minimum absolute atomic E-state index is 0.0354. The molecule has 0 aliphatic carbocycles. The van der Waals surface area contributed by atoms with E-state index in [0.29, 0.717) is 28.3 Å². The fourth-order valence-corrected chi connectivity index (χ4v) is 3.60. The van der Waals surface area contributed by atoms with Crippen LogP contribution in [0.3, 0.4) is 0 Å². The van der Waals surface area contributed by atoms with E-state index >= 15 is 0 Å². The van der Waals surface area contributed by atoms with E-state index < -0.39 is 11.9 Å². The van der Waals surface area contributed by atoms with Crippen LogP contribution in [0.2, 0.25) is 0 Å². The van der Waals surface area contributed by atoms with E-state index in [2.05, 4.69) is 15.6 Å². The van der Waals surface area contributed by atoms with Gasteiger partial charge in [-0.1, -0.05) is 42.5 Å². The zero-order valence-corrected chi connectivity index (χ0v) is 18.0. The van der Waals surface area contributed by atoms with E-state index in [4.69, 9.17) is 15.9 Å². The highest BCUT2D eigenvalue weighted by Gasteiger charge is 2.34. The van der Waals surface area contributed by atoms with Gasteiger partial charge in [0.25, 0.3) is 5.91 Å². The van der Waals surface area contributed by atoms with Gasteiger partial charge >= 0.3 is 0 Å². The maximum Gasteiger partial charge on any atom is 0.268 e. The predicted octanol–water partition coefficient (Wildman–Crippen LogP) is 3.07. The van der Waals surface area contributed by atoms with Gasteiger partial charge in [-0.3, -0.25) is 15.0 Å². The van der Waals surface area contributed by atoms with Crippen molar-refractivity contribution in [2.75, 3.05) is 5.32 Å². The molecule has 8 nitrogen and oxygen atoms in total. The molecule has 33 heavy (non-hydrogen) atoms. The largest absolute Gasteiger partial charge is 0.473 e. The molecule has 2 heterocycles. The summed E-state index contributed by atoms with van der Waals surface area (Å²) < 4.78 is 5.77. The van der Waals surface area contributed by atoms with Crippen LogP contribution in [-0.4, -0.2) is 22.5 Å². The molecule has 4 rings (SSSR count). The Morgan fingerprint density at radius 2 is 1.94 bits per heavy atom. The van der Waals surface area contributed by atoms with Gasteiger partial charge in [-0.05, 0) is 34.9 Å². The molecule has 2 aromatic carbocycles. The Labute approximate surface area is 191 Å². The van der Waals surface area contributed by atoms with Gasteiger partial charge in [0.05, 0.1) is 11.8 Å². The zero-order valence-electron chi connectivity index (χ0n) is 18.0. The van der Waals surface area contributed by atoms with Crippen molar-refractivity contribution in [3.05, 3.63) is 101 Å². The van der Waals surface area contributed by atoms with Crippen LogP contribution in [0.25, 0.3) is 0 Å². The predicted molar refractivity (Wildman–Crippen MR) is 125 cm³/mol. The highest BCUT2D eigenvalue weighted by Crippen LogP contribution is 2.31. The number of nitrogens with two attached hydrogens (primary N) is 1. The zero-order chi connectivity index (χ0) is 23.4. The number of amides is 2. The van der Waals surface area contributed by atoms with Crippen molar-refractivity contribution in [2.45, 2.75) is 19.6 Å². The van der Waals surface area contributed by atoms with Crippen LogP contribution in [0.4, 0.5) is 5.69 Å². The second kappa shape index (κ2) is 9.35. The van der Waals surface area contributed by atoms with Gasteiger partial charge < -0.3 is 21.1 Å². The van der Waals surface area contributed by atoms with Crippen molar-refractivity contribution in [1.82, 2.24) is 10.3 Å². The van der Waals surface area contributed by atoms with E-state index in [0.717, 1.165) is 5.56 Å². The summed E-state index contributed by atoms with van der Waals surface area (Å²) in [5, 5.41) is 14.2. The molecule has 1 aromatic heterocycles. The monoisotopic (exact) mass is 441 g/mol. The molecular formula is C25H23N5O3. The summed E-state index contributed by atoms with van der Waals surface area (Å²) in [5.41, 5.74) is 9.62. The van der Waals surface area contributed by atoms with E-state index in [1.54, 1.807) is 36.5 Å². The lowest BCUT2D eigenvalue weighted by Crippen LogP contribution is -2.24. The van der Waals surface area contributed by atoms with E-state index in [1.165, 1.54) is 6.92 Å². The summed E-state index contributed by atoms with van der Waals surface area (Å²) in [6, 6.07) is 19.4. The molecule has 8 heteroatoms. The van der Waals surface area contributed by atoms with Gasteiger partial charge in [0.2, 0.25) is 11.8 Å². The summed E-state index contributed by atoms with van der Waals surface area (Å²) in [6.45, 7) is 1.73. The number of nitrogens with zero attached hydrogens (tertiary/aromatic N) is 1. The van der Waals surface area contributed by atoms with Gasteiger partial charge in [0, 0.05) is 30.4 Å². The maximum absolute atomic E-state index is 12.3. The van der Waals surface area contributed by atoms with Crippen LogP contribution in [0.5, 0.6) is 5.88 Å². The Morgan fingerprint density at radius 3 is 2.64 bits per heavy atom. The highest BCUT2D eigenvalue weighted by atomic mass is 16.5. The third kappa shape index (κ3) is 4.90. The molecule has 0 radical (unpaired) electrons. The molecule has 0 spiro atoms. The van der Waals surface area contributed by atoms with E-state index in [1.807, 2.05) is 36.4 Å². The Balaban J connectivity index is 1.48. The topological polar surface area (TPSA) is 130 Å². The first-order valence-electron chi connectivity index (χ1n) is 10.3. The van der Waals surface area contributed by atoms with Crippen molar-refractivity contribution in [3.8, 4) is 5.88 Å². The van der Waals surface area contributed by atoms with Crippen molar-refractivity contribution in [3.63, 3.8) is 0 Å². The van der Waals surface area contributed by atoms with Gasteiger partial charge in [-0.2, -0.15) is 0 Å². The number of aromatic nitrogens is 1. The second-order valence-electron chi connectivity index (χ2n) is 7.57. The number of ether oxygens (including phenoxy) is 1. The molecule has 0 saturated heterocycles. The number of hydrogen-bond donors (Lipinski definition) is 4. The molecule has 0 bridgehead atoms. The first-order chi connectivity index (χ1) is 15.9. The number of pyridine rings is 1. The standard InChI is InChI=1S/C25H23N5O3/c1-15(31)29-19-9-5-6-16(12-19)14-33-20-11-10-18(13-28-20)24-21(23(27)25(32)30-24)22(26)17-7-3-2-4-8-17/h2-13,24,26H,14,27H2,1H3,(H,29,31)(H,30,32). The summed E-state index contributed by atoms with van der Waals surface area (Å²) in [5.74, 6) is -0.140. The first kappa shape index (κ1) is 21.8. The minimum atomic E-state index is -0.568. The van der Waals surface area contributed by atoms with Crippen molar-refractivity contribution in [2.24, 2.45) is 5.73 Å². The molecule has 5 N–H and O–H groups in total. The van der Waals surface area contributed by atoms with Crippen LogP contribution < -0.4 is 21.1 Å². The number of anilines is 1. The fraction of sp³-hybridized carbons (Fsp3) is 0.120. The van der Waals surface area contributed by atoms with Crippen molar-refractivity contribution >= 4 is 23.2 Å². The average molecular weight is 441 g/mol. The Morgan fingerprint density at radius 1 is 1.15 bits per heavy atom. The quantitative estimate of drug-likeness (QED) is 0.419. The van der Waals surface area contributed by atoms with Crippen LogP contribution in [0.1, 0.15) is 29.7 Å². The Hall–Kier alpha value is -4.46. The Bertz CT molecular complexity index is 1240. The lowest BCUT2D eigenvalue weighted by molar-refractivity contribution is -0.117. The van der Waals surface area contributed by atoms with E-state index in [9.17, 15) is 9.59 Å². The van der Waals surface area contributed by atoms with Gasteiger partial charge in [0.1, 0.15) is 12.3 Å². The third-order valence-electron chi connectivity index (χ3n) is 5.16. The number of benzene rings is 2. The molecule has 1 aliphatic rings. The smallest absolute Gasteiger partial charge is 0.268 e. The van der Waals surface area contributed by atoms with Gasteiger partial charge in [-0.15, -0.1) is 0 Å². The maximum atomic E-state index is 12.3. The molecule has 2 amide bonds. The molecule has 0 fully saturated rings. The minimum Gasteiger partial charge on any atom is -0.473 e. The molecule has 166 valence electrons. The Kier molecular flexibility index (Phi) is 6.17. The number of carbonyl (C=O) groups is 2. The third-order valence-corrected chi connectivity index (χ3v) is 5.16. The molecule has 1 unspecified atom stereocenters. The summed E-state index contributed by atoms with van der Waals surface area (Å²) in [7, 11) is 0. The molecular weight excluding hydrogens is 418 g/mol. The molecule has 1 aliphatic heterocycles. The fourth-order valence-electron chi connectivity index (χ4n) is 3.60. The van der Waals surface area contributed by atoms with Gasteiger partial charge in [-0.25, -0.2) is 4.98 Å². The number of nitrogens with one attached hydrogen (secondary N) is 3. The number of carbonyl (C=O) groups excluding carboxylic acids is 2. The summed E-state index contributed by atoms with van der Waals surface area (Å²) >= 11 is 0. The number of hydrogen-bond acceptors (Lipinski definition) is 6. The van der Waals surface area contributed by atoms with Gasteiger partial charge in [0.15, 0.2) is 0 Å².